The highest BCUT2D eigenvalue weighted by Crippen LogP contribution is 2.28. The number of hydrogen-bond acceptors (Lipinski definition) is 6. The molecule has 3 rings (SSSR count). The van der Waals surface area contributed by atoms with E-state index in [2.05, 4.69) is 0 Å². The number of nitrogens with zero attached hydrogens (tertiary/aromatic N) is 1. The van der Waals surface area contributed by atoms with Crippen LogP contribution in [0.3, 0.4) is 0 Å². The van der Waals surface area contributed by atoms with Crippen molar-refractivity contribution in [1.82, 2.24) is 4.57 Å². The van der Waals surface area contributed by atoms with Crippen molar-refractivity contribution in [2.24, 2.45) is 0 Å². The summed E-state index contributed by atoms with van der Waals surface area (Å²) in [5.41, 5.74) is 1.30. The van der Waals surface area contributed by atoms with E-state index in [0.29, 0.717) is 22.0 Å². The van der Waals surface area contributed by atoms with Gasteiger partial charge in [-0.3, -0.25) is 14.2 Å². The molecule has 26 heavy (non-hydrogen) atoms. The van der Waals surface area contributed by atoms with Gasteiger partial charge in [-0.15, -0.1) is 0 Å². The minimum atomic E-state index is -0.526. The zero-order valence-corrected chi connectivity index (χ0v) is 15.7. The molecule has 0 fully saturated rings. The Bertz CT molecular complexity index is 1010. The number of fused-ring (bicyclic) bond motifs is 1. The molecule has 1 aromatic heterocycles. The lowest BCUT2D eigenvalue weighted by Crippen LogP contribution is -2.21. The number of aromatic nitrogens is 1. The number of esters is 1. The van der Waals surface area contributed by atoms with Crippen LogP contribution in [0.25, 0.3) is 10.2 Å². The van der Waals surface area contributed by atoms with Crippen LogP contribution in [0.1, 0.15) is 5.56 Å². The third-order valence-electron chi connectivity index (χ3n) is 3.77. The molecule has 3 aromatic rings. The van der Waals surface area contributed by atoms with Crippen molar-refractivity contribution < 1.29 is 19.0 Å². The van der Waals surface area contributed by atoms with E-state index >= 15 is 0 Å². The van der Waals surface area contributed by atoms with E-state index in [-0.39, 0.29) is 18.0 Å². The van der Waals surface area contributed by atoms with Crippen molar-refractivity contribution in [2.75, 3.05) is 14.2 Å². The molecular weight excluding hydrogens is 378 g/mol. The Labute approximate surface area is 158 Å². The summed E-state index contributed by atoms with van der Waals surface area (Å²) >= 11 is 7.21. The molecular formula is C18H16ClNO5S. The van der Waals surface area contributed by atoms with Crippen LogP contribution in [0.2, 0.25) is 5.02 Å². The van der Waals surface area contributed by atoms with Gasteiger partial charge in [0.1, 0.15) is 13.2 Å². The molecule has 0 aliphatic rings. The Morgan fingerprint density at radius 3 is 2.65 bits per heavy atom. The quantitative estimate of drug-likeness (QED) is 0.600. The number of ether oxygens (including phenoxy) is 3. The number of benzene rings is 2. The molecule has 0 bridgehead atoms. The van der Waals surface area contributed by atoms with Crippen LogP contribution in [0, 0.1) is 0 Å². The molecule has 6 nitrogen and oxygen atoms in total. The number of halogens is 1. The number of thiazole rings is 1. The Hall–Kier alpha value is -2.51. The minimum absolute atomic E-state index is 0.0593. The highest BCUT2D eigenvalue weighted by Gasteiger charge is 2.15. The average molecular weight is 394 g/mol. The van der Waals surface area contributed by atoms with Crippen LogP contribution in [0.15, 0.2) is 41.2 Å². The van der Waals surface area contributed by atoms with Gasteiger partial charge in [-0.05, 0) is 29.8 Å². The maximum atomic E-state index is 12.2. The first kappa shape index (κ1) is 18.3. The van der Waals surface area contributed by atoms with Gasteiger partial charge < -0.3 is 14.2 Å². The lowest BCUT2D eigenvalue weighted by molar-refractivity contribution is -0.145. The molecule has 0 unspecified atom stereocenters. The summed E-state index contributed by atoms with van der Waals surface area (Å²) in [5, 5.41) is 0.425. The maximum absolute atomic E-state index is 12.2. The van der Waals surface area contributed by atoms with Crippen LogP contribution in [0.4, 0.5) is 0 Å². The molecule has 136 valence electrons. The molecule has 0 saturated carbocycles. The molecule has 8 heteroatoms. The SMILES string of the molecule is COc1ccc(COC(=O)Cn2c(=O)sc3cccc(Cl)c32)cc1OC. The van der Waals surface area contributed by atoms with Crippen LogP contribution >= 0.6 is 22.9 Å². The van der Waals surface area contributed by atoms with E-state index in [1.54, 1.807) is 43.5 Å². The normalized spacial score (nSPS) is 10.7. The largest absolute Gasteiger partial charge is 0.493 e. The summed E-state index contributed by atoms with van der Waals surface area (Å²) < 4.78 is 17.7. The molecule has 0 saturated heterocycles. The number of para-hydroxylation sites is 1. The van der Waals surface area contributed by atoms with Gasteiger partial charge in [-0.2, -0.15) is 0 Å². The Morgan fingerprint density at radius 2 is 1.92 bits per heavy atom. The molecule has 1 heterocycles. The summed E-state index contributed by atoms with van der Waals surface area (Å²) in [5.74, 6) is 0.614. The summed E-state index contributed by atoms with van der Waals surface area (Å²) in [7, 11) is 3.08. The van der Waals surface area contributed by atoms with Crippen LogP contribution in [-0.4, -0.2) is 24.8 Å². The first-order valence-corrected chi connectivity index (χ1v) is 8.87. The monoisotopic (exact) mass is 393 g/mol. The van der Waals surface area contributed by atoms with Gasteiger partial charge >= 0.3 is 10.8 Å². The number of hydrogen-bond donors (Lipinski definition) is 0. The van der Waals surface area contributed by atoms with Gasteiger partial charge in [-0.25, -0.2) is 0 Å². The van der Waals surface area contributed by atoms with E-state index in [9.17, 15) is 9.59 Å². The Morgan fingerprint density at radius 1 is 1.15 bits per heavy atom. The topological polar surface area (TPSA) is 66.8 Å². The van der Waals surface area contributed by atoms with Crippen molar-refractivity contribution in [2.45, 2.75) is 13.2 Å². The third-order valence-corrected chi connectivity index (χ3v) is 5.02. The van der Waals surface area contributed by atoms with Gasteiger partial charge in [0.05, 0.1) is 29.5 Å². The average Bonchev–Trinajstić information content (AvgIpc) is 2.96. The van der Waals surface area contributed by atoms with E-state index in [0.717, 1.165) is 21.6 Å². The van der Waals surface area contributed by atoms with Gasteiger partial charge in [-0.1, -0.05) is 35.1 Å². The summed E-state index contributed by atoms with van der Waals surface area (Å²) in [6.45, 7) is -0.139. The van der Waals surface area contributed by atoms with Crippen LogP contribution in [0.5, 0.6) is 11.5 Å². The number of methoxy groups -OCH3 is 2. The molecule has 0 aliphatic carbocycles. The van der Waals surface area contributed by atoms with Gasteiger partial charge in [0.15, 0.2) is 11.5 Å². The fraction of sp³-hybridized carbons (Fsp3) is 0.222. The fourth-order valence-electron chi connectivity index (χ4n) is 2.53. The highest BCUT2D eigenvalue weighted by molar-refractivity contribution is 7.16. The molecule has 0 spiro atoms. The fourth-order valence-corrected chi connectivity index (χ4v) is 3.78. The lowest BCUT2D eigenvalue weighted by atomic mass is 10.2. The Kier molecular flexibility index (Phi) is 5.49. The number of carbonyl (C=O) groups is 1. The predicted molar refractivity (Wildman–Crippen MR) is 100 cm³/mol. The molecule has 2 aromatic carbocycles. The second-order valence-electron chi connectivity index (χ2n) is 5.39. The maximum Gasteiger partial charge on any atom is 0.326 e. The number of carbonyl (C=O) groups excluding carboxylic acids is 1. The predicted octanol–water partition coefficient (Wildman–Crippen LogP) is 3.48. The summed E-state index contributed by atoms with van der Waals surface area (Å²) in [4.78, 5) is 24.1. The molecule has 0 aliphatic heterocycles. The van der Waals surface area contributed by atoms with Crippen molar-refractivity contribution in [1.29, 1.82) is 0 Å². The molecule has 0 amide bonds. The van der Waals surface area contributed by atoms with Crippen LogP contribution in [-0.2, 0) is 22.7 Å². The van der Waals surface area contributed by atoms with Crippen molar-refractivity contribution in [3.8, 4) is 11.5 Å². The van der Waals surface area contributed by atoms with Gasteiger partial charge in [0.2, 0.25) is 0 Å². The minimum Gasteiger partial charge on any atom is -0.493 e. The second-order valence-corrected chi connectivity index (χ2v) is 6.79. The molecule has 0 radical (unpaired) electrons. The van der Waals surface area contributed by atoms with Crippen molar-refractivity contribution >= 4 is 39.1 Å². The smallest absolute Gasteiger partial charge is 0.326 e. The number of rotatable bonds is 6. The van der Waals surface area contributed by atoms with E-state index < -0.39 is 5.97 Å². The standard InChI is InChI=1S/C18H16ClNO5S/c1-23-13-7-6-11(8-14(13)24-2)10-25-16(21)9-20-17-12(19)4-3-5-15(17)26-18(20)22/h3-8H,9-10H2,1-2H3. The second kappa shape index (κ2) is 7.80. The van der Waals surface area contributed by atoms with Crippen LogP contribution < -0.4 is 14.3 Å². The van der Waals surface area contributed by atoms with Gasteiger partial charge in [0.25, 0.3) is 0 Å². The molecule has 0 N–H and O–H groups in total. The first-order valence-electron chi connectivity index (χ1n) is 7.68. The third kappa shape index (κ3) is 3.68. The van der Waals surface area contributed by atoms with Crippen molar-refractivity contribution in [3.05, 3.63) is 56.7 Å². The molecule has 0 atom stereocenters. The van der Waals surface area contributed by atoms with E-state index in [4.69, 9.17) is 25.8 Å². The zero-order chi connectivity index (χ0) is 18.7. The first-order chi connectivity index (χ1) is 12.5. The Balaban J connectivity index is 1.72. The summed E-state index contributed by atoms with van der Waals surface area (Å²) in [6.07, 6.45) is 0. The van der Waals surface area contributed by atoms with Gasteiger partial charge in [0, 0.05) is 0 Å². The zero-order valence-electron chi connectivity index (χ0n) is 14.2. The van der Waals surface area contributed by atoms with Crippen molar-refractivity contribution in [3.63, 3.8) is 0 Å². The highest BCUT2D eigenvalue weighted by atomic mass is 35.5. The summed E-state index contributed by atoms with van der Waals surface area (Å²) in [6, 6.07) is 10.5. The van der Waals surface area contributed by atoms with E-state index in [1.165, 1.54) is 11.7 Å². The van der Waals surface area contributed by atoms with E-state index in [1.807, 2.05) is 0 Å². The lowest BCUT2D eigenvalue weighted by Gasteiger charge is -2.10.